The van der Waals surface area contributed by atoms with Gasteiger partial charge in [-0.05, 0) is 36.4 Å². The molecule has 1 fully saturated rings. The van der Waals surface area contributed by atoms with Crippen molar-refractivity contribution < 1.29 is 34.3 Å². The fourth-order valence-electron chi connectivity index (χ4n) is 3.24. The second-order valence-electron chi connectivity index (χ2n) is 6.81. The summed E-state index contributed by atoms with van der Waals surface area (Å²) >= 11 is 0. The second kappa shape index (κ2) is 7.94. The molecule has 3 aromatic rings. The summed E-state index contributed by atoms with van der Waals surface area (Å²) in [5.41, 5.74) is 0.981. The fraction of sp³-hybridized carbons (Fsp3) is 0.286. The van der Waals surface area contributed by atoms with Gasteiger partial charge < -0.3 is 34.3 Å². The highest BCUT2D eigenvalue weighted by atomic mass is 16.7. The van der Waals surface area contributed by atoms with Gasteiger partial charge in [0, 0.05) is 11.6 Å². The SMILES string of the molecule is O=c1cc(-c2ccc(OC3O[C@H](CO)[C@@H](O)[C@H](O)[C@H]3O)cc2)oc2ccccc12. The standard InChI is InChI=1S/C21H20O8/c22-10-17-18(24)19(25)20(26)21(29-17)27-12-7-5-11(6-8-12)16-9-14(23)13-3-1-2-4-15(13)28-16/h1-9,17-22,24-26H,10H2/t17-,18-,19+,20-,21?/m1/s1. The second-order valence-corrected chi connectivity index (χ2v) is 6.81. The van der Waals surface area contributed by atoms with E-state index < -0.39 is 37.3 Å². The number of benzene rings is 2. The normalized spacial score (nSPS) is 27.1. The zero-order valence-corrected chi connectivity index (χ0v) is 15.2. The molecule has 152 valence electrons. The molecule has 4 N–H and O–H groups in total. The number of fused-ring (bicyclic) bond motifs is 1. The van der Waals surface area contributed by atoms with Crippen molar-refractivity contribution in [1.82, 2.24) is 0 Å². The van der Waals surface area contributed by atoms with Gasteiger partial charge in [-0.15, -0.1) is 0 Å². The van der Waals surface area contributed by atoms with Gasteiger partial charge in [0.15, 0.2) is 5.43 Å². The van der Waals surface area contributed by atoms with Crippen molar-refractivity contribution in [3.05, 3.63) is 64.8 Å². The van der Waals surface area contributed by atoms with Gasteiger partial charge in [-0.25, -0.2) is 0 Å². The van der Waals surface area contributed by atoms with E-state index in [1.807, 2.05) is 0 Å². The third-order valence-corrected chi connectivity index (χ3v) is 4.87. The maximum Gasteiger partial charge on any atom is 0.229 e. The molecule has 8 heteroatoms. The minimum Gasteiger partial charge on any atom is -0.462 e. The van der Waals surface area contributed by atoms with Gasteiger partial charge in [-0.2, -0.15) is 0 Å². The van der Waals surface area contributed by atoms with Crippen LogP contribution in [0.15, 0.2) is 63.8 Å². The monoisotopic (exact) mass is 400 g/mol. The molecule has 0 spiro atoms. The van der Waals surface area contributed by atoms with Gasteiger partial charge in [0.1, 0.15) is 41.5 Å². The van der Waals surface area contributed by atoms with E-state index in [0.717, 1.165) is 0 Å². The zero-order chi connectivity index (χ0) is 20.5. The van der Waals surface area contributed by atoms with Crippen LogP contribution in [0.1, 0.15) is 0 Å². The first-order chi connectivity index (χ1) is 14.0. The van der Waals surface area contributed by atoms with Crippen molar-refractivity contribution in [2.75, 3.05) is 6.61 Å². The van der Waals surface area contributed by atoms with Gasteiger partial charge in [0.2, 0.25) is 6.29 Å². The molecule has 1 aliphatic heterocycles. The number of hydrogen-bond acceptors (Lipinski definition) is 8. The lowest BCUT2D eigenvalue weighted by molar-refractivity contribution is -0.277. The van der Waals surface area contributed by atoms with E-state index in [2.05, 4.69) is 0 Å². The van der Waals surface area contributed by atoms with Crippen LogP contribution in [0.3, 0.4) is 0 Å². The van der Waals surface area contributed by atoms with Crippen LogP contribution in [0.2, 0.25) is 0 Å². The van der Waals surface area contributed by atoms with Crippen LogP contribution in [-0.2, 0) is 4.74 Å². The summed E-state index contributed by atoms with van der Waals surface area (Å²) in [6.07, 6.45) is -6.78. The molecule has 0 amide bonds. The van der Waals surface area contributed by atoms with Crippen molar-refractivity contribution in [1.29, 1.82) is 0 Å². The van der Waals surface area contributed by atoms with Gasteiger partial charge in [-0.3, -0.25) is 4.79 Å². The molecular formula is C21H20O8. The van der Waals surface area contributed by atoms with Crippen LogP contribution in [-0.4, -0.2) is 57.7 Å². The molecule has 0 bridgehead atoms. The quantitative estimate of drug-likeness (QED) is 0.502. The lowest BCUT2D eigenvalue weighted by Crippen LogP contribution is -2.60. The smallest absolute Gasteiger partial charge is 0.229 e. The highest BCUT2D eigenvalue weighted by Gasteiger charge is 2.44. The van der Waals surface area contributed by atoms with Crippen molar-refractivity contribution in [3.8, 4) is 17.1 Å². The molecule has 0 aliphatic carbocycles. The average molecular weight is 400 g/mol. The maximum absolute atomic E-state index is 12.3. The molecule has 5 atom stereocenters. The van der Waals surface area contributed by atoms with E-state index in [1.54, 1.807) is 48.5 Å². The van der Waals surface area contributed by atoms with Crippen LogP contribution in [0.25, 0.3) is 22.3 Å². The van der Waals surface area contributed by atoms with E-state index in [9.17, 15) is 25.2 Å². The first kappa shape index (κ1) is 19.6. The molecule has 0 saturated carbocycles. The maximum atomic E-state index is 12.3. The number of ether oxygens (including phenoxy) is 2. The predicted octanol–water partition coefficient (Wildman–Crippen LogP) is 0.639. The first-order valence-corrected chi connectivity index (χ1v) is 9.08. The number of para-hydroxylation sites is 1. The Labute approximate surface area is 165 Å². The summed E-state index contributed by atoms with van der Waals surface area (Å²) in [5, 5.41) is 39.4. The van der Waals surface area contributed by atoms with E-state index in [1.165, 1.54) is 6.07 Å². The minimum atomic E-state index is -1.52. The van der Waals surface area contributed by atoms with E-state index in [0.29, 0.717) is 28.0 Å². The van der Waals surface area contributed by atoms with Crippen molar-refractivity contribution in [2.45, 2.75) is 30.7 Å². The first-order valence-electron chi connectivity index (χ1n) is 9.08. The largest absolute Gasteiger partial charge is 0.462 e. The average Bonchev–Trinajstić information content (AvgIpc) is 2.74. The molecule has 8 nitrogen and oxygen atoms in total. The van der Waals surface area contributed by atoms with Gasteiger partial charge >= 0.3 is 0 Å². The Hall–Kier alpha value is -2.75. The number of hydrogen-bond donors (Lipinski definition) is 4. The Bertz CT molecular complexity index is 1040. The van der Waals surface area contributed by atoms with Crippen molar-refractivity contribution >= 4 is 11.0 Å². The summed E-state index contributed by atoms with van der Waals surface area (Å²) in [5.74, 6) is 0.717. The summed E-state index contributed by atoms with van der Waals surface area (Å²) < 4.78 is 16.7. The van der Waals surface area contributed by atoms with E-state index in [4.69, 9.17) is 13.9 Å². The molecule has 2 aromatic carbocycles. The van der Waals surface area contributed by atoms with Crippen LogP contribution >= 0.6 is 0 Å². The molecule has 1 aliphatic rings. The third kappa shape index (κ3) is 3.76. The molecule has 2 heterocycles. The topological polar surface area (TPSA) is 130 Å². The highest BCUT2D eigenvalue weighted by Crippen LogP contribution is 2.27. The Balaban J connectivity index is 1.55. The minimum absolute atomic E-state index is 0.150. The lowest BCUT2D eigenvalue weighted by Gasteiger charge is -2.39. The molecule has 4 rings (SSSR count). The van der Waals surface area contributed by atoms with E-state index >= 15 is 0 Å². The molecular weight excluding hydrogens is 380 g/mol. The van der Waals surface area contributed by atoms with Crippen LogP contribution < -0.4 is 10.2 Å². The van der Waals surface area contributed by atoms with Gasteiger partial charge in [0.25, 0.3) is 0 Å². The van der Waals surface area contributed by atoms with Gasteiger partial charge in [-0.1, -0.05) is 12.1 Å². The Kier molecular flexibility index (Phi) is 5.35. The third-order valence-electron chi connectivity index (χ3n) is 4.87. The van der Waals surface area contributed by atoms with Crippen LogP contribution in [0.5, 0.6) is 5.75 Å². The Morgan fingerprint density at radius 1 is 0.931 bits per heavy atom. The molecule has 29 heavy (non-hydrogen) atoms. The fourth-order valence-corrected chi connectivity index (χ4v) is 3.24. The molecule has 1 unspecified atom stereocenters. The van der Waals surface area contributed by atoms with Gasteiger partial charge in [0.05, 0.1) is 12.0 Å². The molecule has 1 aromatic heterocycles. The van der Waals surface area contributed by atoms with E-state index in [-0.39, 0.29) is 5.43 Å². The highest BCUT2D eigenvalue weighted by molar-refractivity contribution is 5.78. The van der Waals surface area contributed by atoms with Crippen LogP contribution in [0, 0.1) is 0 Å². The zero-order valence-electron chi connectivity index (χ0n) is 15.2. The number of rotatable bonds is 4. The number of aliphatic hydroxyl groups is 4. The summed E-state index contributed by atoms with van der Waals surface area (Å²) in [6, 6.07) is 14.9. The lowest BCUT2D eigenvalue weighted by atomic mass is 9.99. The Morgan fingerprint density at radius 3 is 2.38 bits per heavy atom. The van der Waals surface area contributed by atoms with Crippen molar-refractivity contribution in [2.24, 2.45) is 0 Å². The summed E-state index contributed by atoms with van der Waals surface area (Å²) in [7, 11) is 0. The van der Waals surface area contributed by atoms with Crippen LogP contribution in [0.4, 0.5) is 0 Å². The molecule has 0 radical (unpaired) electrons. The summed E-state index contributed by atoms with van der Waals surface area (Å²) in [4.78, 5) is 12.3. The predicted molar refractivity (Wildman–Crippen MR) is 102 cm³/mol. The summed E-state index contributed by atoms with van der Waals surface area (Å²) in [6.45, 7) is -0.537. The van der Waals surface area contributed by atoms with Crippen molar-refractivity contribution in [3.63, 3.8) is 0 Å². The Morgan fingerprint density at radius 2 is 1.66 bits per heavy atom. The number of aliphatic hydroxyl groups excluding tert-OH is 4. The molecule has 1 saturated heterocycles.